The van der Waals surface area contributed by atoms with E-state index in [2.05, 4.69) is 19.2 Å². The first-order chi connectivity index (χ1) is 7.56. The van der Waals surface area contributed by atoms with Crippen LogP contribution < -0.4 is 5.32 Å². The predicted octanol–water partition coefficient (Wildman–Crippen LogP) is 1.05. The van der Waals surface area contributed by atoms with E-state index < -0.39 is 10.0 Å². The van der Waals surface area contributed by atoms with Gasteiger partial charge in [-0.05, 0) is 25.3 Å². The van der Waals surface area contributed by atoms with Gasteiger partial charge in [-0.25, -0.2) is 12.7 Å². The molecule has 0 bridgehead atoms. The van der Waals surface area contributed by atoms with Crippen molar-refractivity contribution in [2.45, 2.75) is 33.1 Å². The van der Waals surface area contributed by atoms with E-state index in [1.54, 1.807) is 4.31 Å². The lowest BCUT2D eigenvalue weighted by atomic mass is 10.1. The van der Waals surface area contributed by atoms with Gasteiger partial charge in [0.2, 0.25) is 10.0 Å². The van der Waals surface area contributed by atoms with E-state index in [0.29, 0.717) is 24.8 Å². The topological polar surface area (TPSA) is 49.4 Å². The van der Waals surface area contributed by atoms with Crippen molar-refractivity contribution in [2.24, 2.45) is 5.92 Å². The maximum atomic E-state index is 11.5. The summed E-state index contributed by atoms with van der Waals surface area (Å²) in [5, 5.41) is 3.33. The lowest BCUT2D eigenvalue weighted by Crippen LogP contribution is -2.34. The third kappa shape index (κ3) is 4.39. The molecule has 1 saturated heterocycles. The fourth-order valence-corrected chi connectivity index (χ4v) is 3.62. The second-order valence-electron chi connectivity index (χ2n) is 4.67. The van der Waals surface area contributed by atoms with Crippen LogP contribution in [0.4, 0.5) is 0 Å². The molecule has 96 valence electrons. The van der Waals surface area contributed by atoms with Gasteiger partial charge in [-0.3, -0.25) is 0 Å². The van der Waals surface area contributed by atoms with E-state index >= 15 is 0 Å². The molecule has 0 aromatic heterocycles. The van der Waals surface area contributed by atoms with Crippen molar-refractivity contribution in [3.63, 3.8) is 0 Å². The molecule has 5 heteroatoms. The van der Waals surface area contributed by atoms with E-state index in [0.717, 1.165) is 19.5 Å². The summed E-state index contributed by atoms with van der Waals surface area (Å²) in [6.45, 7) is 7.50. The Labute approximate surface area is 99.5 Å². The Morgan fingerprint density at radius 1 is 1.44 bits per heavy atom. The monoisotopic (exact) mass is 248 g/mol. The lowest BCUT2D eigenvalue weighted by molar-refractivity contribution is 0.414. The highest BCUT2D eigenvalue weighted by Gasteiger charge is 2.27. The third-order valence-electron chi connectivity index (χ3n) is 3.02. The third-order valence-corrected chi connectivity index (χ3v) is 4.97. The van der Waals surface area contributed by atoms with Gasteiger partial charge in [0.25, 0.3) is 0 Å². The van der Waals surface area contributed by atoms with Gasteiger partial charge in [-0.1, -0.05) is 20.3 Å². The molecule has 1 N–H and O–H groups in total. The van der Waals surface area contributed by atoms with Crippen LogP contribution >= 0.6 is 0 Å². The van der Waals surface area contributed by atoms with Crippen molar-refractivity contribution in [1.82, 2.24) is 9.62 Å². The van der Waals surface area contributed by atoms with Crippen molar-refractivity contribution < 1.29 is 8.42 Å². The molecule has 16 heavy (non-hydrogen) atoms. The summed E-state index contributed by atoms with van der Waals surface area (Å²) >= 11 is 0. The van der Waals surface area contributed by atoms with E-state index in [4.69, 9.17) is 0 Å². The molecule has 4 nitrogen and oxygen atoms in total. The van der Waals surface area contributed by atoms with Crippen molar-refractivity contribution >= 4 is 10.0 Å². The molecule has 1 fully saturated rings. The standard InChI is InChI=1S/C11H24N2O2S/c1-3-5-11(2)10-12-6-8-13-7-4-9-16(13,14)15/h11-12H,3-10H2,1-2H3. The highest BCUT2D eigenvalue weighted by molar-refractivity contribution is 7.89. The van der Waals surface area contributed by atoms with E-state index in [-0.39, 0.29) is 0 Å². The summed E-state index contributed by atoms with van der Waals surface area (Å²) < 4.78 is 24.6. The maximum Gasteiger partial charge on any atom is 0.214 e. The van der Waals surface area contributed by atoms with Crippen LogP contribution in [0.2, 0.25) is 0 Å². The predicted molar refractivity (Wildman–Crippen MR) is 66.9 cm³/mol. The van der Waals surface area contributed by atoms with Crippen LogP contribution in [0.25, 0.3) is 0 Å². The lowest BCUT2D eigenvalue weighted by Gasteiger charge is -2.16. The Bertz CT molecular complexity index is 290. The molecule has 0 saturated carbocycles. The van der Waals surface area contributed by atoms with Gasteiger partial charge in [-0.2, -0.15) is 0 Å². The zero-order valence-electron chi connectivity index (χ0n) is 10.4. The molecule has 1 aliphatic heterocycles. The summed E-state index contributed by atoms with van der Waals surface area (Å²) in [5.74, 6) is 1.01. The summed E-state index contributed by atoms with van der Waals surface area (Å²) in [6.07, 6.45) is 3.23. The van der Waals surface area contributed by atoms with Crippen molar-refractivity contribution in [2.75, 3.05) is 31.9 Å². The zero-order chi connectivity index (χ0) is 12.0. The molecule has 1 heterocycles. The van der Waals surface area contributed by atoms with Crippen molar-refractivity contribution in [3.8, 4) is 0 Å². The molecule has 0 spiro atoms. The Balaban J connectivity index is 2.12. The number of nitrogens with zero attached hydrogens (tertiary/aromatic N) is 1. The number of sulfonamides is 1. The van der Waals surface area contributed by atoms with Crippen molar-refractivity contribution in [3.05, 3.63) is 0 Å². The second kappa shape index (κ2) is 6.57. The highest BCUT2D eigenvalue weighted by Crippen LogP contribution is 2.11. The van der Waals surface area contributed by atoms with Gasteiger partial charge in [0.05, 0.1) is 5.75 Å². The van der Waals surface area contributed by atoms with Gasteiger partial charge in [0.15, 0.2) is 0 Å². The smallest absolute Gasteiger partial charge is 0.214 e. The number of rotatable bonds is 7. The first kappa shape index (κ1) is 13.9. The van der Waals surface area contributed by atoms with Crippen LogP contribution in [0.1, 0.15) is 33.1 Å². The largest absolute Gasteiger partial charge is 0.315 e. The van der Waals surface area contributed by atoms with Gasteiger partial charge in [-0.15, -0.1) is 0 Å². The van der Waals surface area contributed by atoms with E-state index in [1.165, 1.54) is 12.8 Å². The molecule has 0 aromatic rings. The van der Waals surface area contributed by atoms with Gasteiger partial charge < -0.3 is 5.32 Å². The van der Waals surface area contributed by atoms with Gasteiger partial charge >= 0.3 is 0 Å². The summed E-state index contributed by atoms with van der Waals surface area (Å²) in [4.78, 5) is 0. The fraction of sp³-hybridized carbons (Fsp3) is 1.00. The number of hydrogen-bond acceptors (Lipinski definition) is 3. The highest BCUT2D eigenvalue weighted by atomic mass is 32.2. The quantitative estimate of drug-likeness (QED) is 0.685. The molecule has 0 amide bonds. The summed E-state index contributed by atoms with van der Waals surface area (Å²) in [7, 11) is -2.90. The number of hydrogen-bond donors (Lipinski definition) is 1. The van der Waals surface area contributed by atoms with Gasteiger partial charge in [0.1, 0.15) is 0 Å². The fourth-order valence-electron chi connectivity index (χ4n) is 2.09. The van der Waals surface area contributed by atoms with Crippen LogP contribution in [0.15, 0.2) is 0 Å². The summed E-state index contributed by atoms with van der Waals surface area (Å²) in [6, 6.07) is 0. The van der Waals surface area contributed by atoms with Crippen molar-refractivity contribution in [1.29, 1.82) is 0 Å². The average molecular weight is 248 g/mol. The first-order valence-electron chi connectivity index (χ1n) is 6.25. The Morgan fingerprint density at radius 3 is 2.75 bits per heavy atom. The SMILES string of the molecule is CCCC(C)CNCCN1CCCS1(=O)=O. The molecular formula is C11H24N2O2S. The molecular weight excluding hydrogens is 224 g/mol. The minimum atomic E-state index is -2.90. The molecule has 0 aliphatic carbocycles. The zero-order valence-corrected chi connectivity index (χ0v) is 11.2. The van der Waals surface area contributed by atoms with Crippen LogP contribution in [0.5, 0.6) is 0 Å². The second-order valence-corrected chi connectivity index (χ2v) is 6.76. The summed E-state index contributed by atoms with van der Waals surface area (Å²) in [5.41, 5.74) is 0. The van der Waals surface area contributed by atoms with Crippen LogP contribution in [-0.2, 0) is 10.0 Å². The minimum Gasteiger partial charge on any atom is -0.315 e. The first-order valence-corrected chi connectivity index (χ1v) is 7.85. The van der Waals surface area contributed by atoms with Crippen LogP contribution in [0.3, 0.4) is 0 Å². The molecule has 1 aliphatic rings. The van der Waals surface area contributed by atoms with E-state index in [1.807, 2.05) is 0 Å². The molecule has 1 atom stereocenters. The van der Waals surface area contributed by atoms with Crippen LogP contribution in [0, 0.1) is 5.92 Å². The minimum absolute atomic E-state index is 0.333. The Kier molecular flexibility index (Phi) is 5.72. The Morgan fingerprint density at radius 2 is 2.19 bits per heavy atom. The Hall–Kier alpha value is -0.130. The number of nitrogens with one attached hydrogen (secondary N) is 1. The van der Waals surface area contributed by atoms with Crippen LogP contribution in [-0.4, -0.2) is 44.7 Å². The maximum absolute atomic E-state index is 11.5. The molecule has 0 aromatic carbocycles. The molecule has 1 unspecified atom stereocenters. The molecule has 1 rings (SSSR count). The average Bonchev–Trinajstić information content (AvgIpc) is 2.53. The normalized spacial score (nSPS) is 22.4. The molecule has 0 radical (unpaired) electrons. The van der Waals surface area contributed by atoms with E-state index in [9.17, 15) is 8.42 Å². The van der Waals surface area contributed by atoms with Gasteiger partial charge in [0, 0.05) is 19.6 Å².